The minimum Gasteiger partial charge on any atom is -0.358 e. The smallest absolute Gasteiger partial charge is 0.325 e. The Balaban J connectivity index is 1.49. The molecule has 146 valence electrons. The third-order valence-electron chi connectivity index (χ3n) is 6.12. The molecule has 29 heavy (non-hydrogen) atoms. The van der Waals surface area contributed by atoms with Gasteiger partial charge in [0.25, 0.3) is 5.91 Å². The van der Waals surface area contributed by atoms with E-state index in [1.807, 2.05) is 55.5 Å². The van der Waals surface area contributed by atoms with Crippen molar-refractivity contribution in [3.63, 3.8) is 0 Å². The fourth-order valence-corrected chi connectivity index (χ4v) is 4.81. The zero-order valence-electron chi connectivity index (χ0n) is 16.1. The van der Waals surface area contributed by atoms with Crippen molar-refractivity contribution in [3.05, 3.63) is 70.9 Å². The van der Waals surface area contributed by atoms with E-state index in [-0.39, 0.29) is 18.2 Å². The lowest BCUT2D eigenvalue weighted by molar-refractivity contribution is -0.131. The molecule has 1 atom stereocenters. The number of aromatic amines is 1. The number of H-pyrrole nitrogens is 1. The maximum absolute atomic E-state index is 13.4. The maximum atomic E-state index is 13.4. The fourth-order valence-electron chi connectivity index (χ4n) is 4.81. The van der Waals surface area contributed by atoms with Gasteiger partial charge in [-0.15, -0.1) is 0 Å². The van der Waals surface area contributed by atoms with E-state index < -0.39 is 11.6 Å². The van der Waals surface area contributed by atoms with Crippen LogP contribution in [0.1, 0.15) is 40.0 Å². The molecule has 3 aromatic rings. The number of hydrogen-bond acceptors (Lipinski definition) is 3. The van der Waals surface area contributed by atoms with E-state index in [9.17, 15) is 14.4 Å². The van der Waals surface area contributed by atoms with E-state index in [4.69, 9.17) is 0 Å². The number of urea groups is 1. The average molecular weight is 387 g/mol. The monoisotopic (exact) mass is 387 g/mol. The number of imide groups is 1. The topological polar surface area (TPSA) is 82.3 Å². The molecule has 0 bridgehead atoms. The molecule has 1 aliphatic carbocycles. The van der Waals surface area contributed by atoms with Gasteiger partial charge in [-0.3, -0.25) is 14.5 Å². The fraction of sp³-hybridized carbons (Fsp3) is 0.261. The summed E-state index contributed by atoms with van der Waals surface area (Å²) in [5.41, 5.74) is 3.01. The van der Waals surface area contributed by atoms with Gasteiger partial charge in [0.15, 0.2) is 5.78 Å². The van der Waals surface area contributed by atoms with Gasteiger partial charge in [0.05, 0.1) is 6.54 Å². The Morgan fingerprint density at radius 1 is 1.10 bits per heavy atom. The second kappa shape index (κ2) is 6.30. The number of aryl methyl sites for hydroxylation is 2. The summed E-state index contributed by atoms with van der Waals surface area (Å²) in [5.74, 6) is -0.579. The quantitative estimate of drug-likeness (QED) is 0.533. The summed E-state index contributed by atoms with van der Waals surface area (Å²) in [5, 5.41) is 3.71. The Morgan fingerprint density at radius 3 is 2.72 bits per heavy atom. The highest BCUT2D eigenvalue weighted by molar-refractivity contribution is 6.15. The molecule has 3 amide bonds. The minimum absolute atomic E-state index is 0.246. The number of carbonyl (C=O) groups excluding carboxylic acids is 3. The van der Waals surface area contributed by atoms with Gasteiger partial charge >= 0.3 is 6.03 Å². The number of rotatable bonds is 3. The van der Waals surface area contributed by atoms with Crippen LogP contribution in [0.15, 0.2) is 48.5 Å². The van der Waals surface area contributed by atoms with Crippen LogP contribution in [-0.2, 0) is 16.8 Å². The highest BCUT2D eigenvalue weighted by Gasteiger charge is 2.54. The van der Waals surface area contributed by atoms with E-state index >= 15 is 0 Å². The summed E-state index contributed by atoms with van der Waals surface area (Å²) in [7, 11) is 0. The van der Waals surface area contributed by atoms with Crippen molar-refractivity contribution in [1.29, 1.82) is 0 Å². The highest BCUT2D eigenvalue weighted by Crippen LogP contribution is 2.40. The van der Waals surface area contributed by atoms with Gasteiger partial charge in [-0.1, -0.05) is 42.5 Å². The third-order valence-corrected chi connectivity index (χ3v) is 6.12. The highest BCUT2D eigenvalue weighted by atomic mass is 16.2. The molecule has 0 saturated carbocycles. The Labute approximate surface area is 167 Å². The number of amides is 3. The minimum atomic E-state index is -1.05. The van der Waals surface area contributed by atoms with Crippen LogP contribution in [0.4, 0.5) is 4.79 Å². The second-order valence-electron chi connectivity index (χ2n) is 7.83. The van der Waals surface area contributed by atoms with Gasteiger partial charge in [-0.25, -0.2) is 4.79 Å². The number of nitrogens with one attached hydrogen (secondary N) is 2. The van der Waals surface area contributed by atoms with Crippen LogP contribution in [0, 0.1) is 6.92 Å². The summed E-state index contributed by atoms with van der Waals surface area (Å²) < 4.78 is 0. The first-order chi connectivity index (χ1) is 14.0. The molecule has 2 aromatic carbocycles. The van der Waals surface area contributed by atoms with Crippen molar-refractivity contribution in [2.75, 3.05) is 6.54 Å². The van der Waals surface area contributed by atoms with Crippen molar-refractivity contribution < 1.29 is 14.4 Å². The number of Topliss-reactive ketones (excluding diaryl/α,β-unsaturated/α-hetero) is 1. The Morgan fingerprint density at radius 2 is 1.86 bits per heavy atom. The van der Waals surface area contributed by atoms with Crippen LogP contribution in [0.25, 0.3) is 10.9 Å². The average Bonchev–Trinajstić information content (AvgIpc) is 3.17. The van der Waals surface area contributed by atoms with Crippen LogP contribution in [0.2, 0.25) is 0 Å². The SMILES string of the molecule is Cc1[nH]c2ccccc2c1C(=O)CN1C(=O)NC2(CCCc3ccccc32)C1=O. The molecule has 1 aromatic heterocycles. The van der Waals surface area contributed by atoms with Crippen molar-refractivity contribution in [2.45, 2.75) is 31.7 Å². The van der Waals surface area contributed by atoms with Gasteiger partial charge < -0.3 is 10.3 Å². The predicted octanol–water partition coefficient (Wildman–Crippen LogP) is 3.44. The molecular formula is C23H21N3O3. The first-order valence-electron chi connectivity index (χ1n) is 9.84. The second-order valence-corrected chi connectivity index (χ2v) is 7.83. The van der Waals surface area contributed by atoms with Crippen molar-refractivity contribution in [3.8, 4) is 0 Å². The van der Waals surface area contributed by atoms with E-state index in [0.717, 1.165) is 45.5 Å². The van der Waals surface area contributed by atoms with Gasteiger partial charge in [-0.05, 0) is 43.4 Å². The summed E-state index contributed by atoms with van der Waals surface area (Å²) in [6, 6.07) is 14.8. The van der Waals surface area contributed by atoms with Gasteiger partial charge in [0.1, 0.15) is 5.54 Å². The first kappa shape index (κ1) is 17.7. The lowest BCUT2D eigenvalue weighted by Crippen LogP contribution is -2.46. The molecule has 0 radical (unpaired) electrons. The Kier molecular flexibility index (Phi) is 3.84. The van der Waals surface area contributed by atoms with Crippen molar-refractivity contribution >= 4 is 28.6 Å². The summed E-state index contributed by atoms with van der Waals surface area (Å²) >= 11 is 0. The molecule has 1 saturated heterocycles. The summed E-state index contributed by atoms with van der Waals surface area (Å²) in [6.07, 6.45) is 2.24. The number of carbonyl (C=O) groups is 3. The molecule has 1 spiro atoms. The van der Waals surface area contributed by atoms with Crippen LogP contribution in [0.5, 0.6) is 0 Å². The number of ketones is 1. The molecule has 5 rings (SSSR count). The summed E-state index contributed by atoms with van der Waals surface area (Å²) in [6.45, 7) is 1.56. The van der Waals surface area contributed by atoms with Gasteiger partial charge in [0.2, 0.25) is 0 Å². The van der Waals surface area contributed by atoms with E-state index in [2.05, 4.69) is 10.3 Å². The third kappa shape index (κ3) is 2.52. The number of para-hydroxylation sites is 1. The van der Waals surface area contributed by atoms with E-state index in [1.54, 1.807) is 0 Å². The first-order valence-corrected chi connectivity index (χ1v) is 9.84. The molecule has 2 N–H and O–H groups in total. The zero-order valence-corrected chi connectivity index (χ0v) is 16.1. The van der Waals surface area contributed by atoms with E-state index in [1.165, 1.54) is 0 Å². The maximum Gasteiger partial charge on any atom is 0.325 e. The standard InChI is InChI=1S/C23H21N3O3/c1-14-20(16-9-3-5-11-18(16)24-14)19(27)13-26-21(28)23(25-22(26)29)12-6-8-15-7-2-4-10-17(15)23/h2-5,7,9-11,24H,6,8,12-13H2,1H3,(H,25,29). The molecule has 2 aliphatic rings. The largest absolute Gasteiger partial charge is 0.358 e. The van der Waals surface area contributed by atoms with Crippen molar-refractivity contribution in [2.24, 2.45) is 0 Å². The van der Waals surface area contributed by atoms with Gasteiger partial charge in [0, 0.05) is 22.2 Å². The molecular weight excluding hydrogens is 366 g/mol. The number of aromatic nitrogens is 1. The number of hydrogen-bond donors (Lipinski definition) is 2. The molecule has 1 aliphatic heterocycles. The number of nitrogens with zero attached hydrogens (tertiary/aromatic N) is 1. The van der Waals surface area contributed by atoms with Crippen LogP contribution in [-0.4, -0.2) is 34.2 Å². The number of fused-ring (bicyclic) bond motifs is 3. The predicted molar refractivity (Wildman–Crippen MR) is 109 cm³/mol. The summed E-state index contributed by atoms with van der Waals surface area (Å²) in [4.78, 5) is 43.5. The zero-order chi connectivity index (χ0) is 20.2. The molecule has 6 nitrogen and oxygen atoms in total. The van der Waals surface area contributed by atoms with Gasteiger partial charge in [-0.2, -0.15) is 0 Å². The van der Waals surface area contributed by atoms with Crippen LogP contribution < -0.4 is 5.32 Å². The van der Waals surface area contributed by atoms with Crippen molar-refractivity contribution in [1.82, 2.24) is 15.2 Å². The Bertz CT molecular complexity index is 1180. The van der Waals surface area contributed by atoms with Crippen LogP contribution in [0.3, 0.4) is 0 Å². The van der Waals surface area contributed by atoms with E-state index in [0.29, 0.717) is 12.0 Å². The molecule has 6 heteroatoms. The Hall–Kier alpha value is -3.41. The molecule has 2 heterocycles. The lowest BCUT2D eigenvalue weighted by Gasteiger charge is -2.33. The normalized spacial score (nSPS) is 20.9. The van der Waals surface area contributed by atoms with Crippen LogP contribution >= 0.6 is 0 Å². The molecule has 1 unspecified atom stereocenters. The lowest BCUT2D eigenvalue weighted by atomic mass is 9.76. The number of benzene rings is 2. The molecule has 1 fully saturated rings.